The molecule has 1 amide bonds. The third-order valence-corrected chi connectivity index (χ3v) is 5.71. The number of carbonyl (C=O) groups excluding carboxylic acids is 1. The standard InChI is InChI=1S/C23H24N2O4S/c1-3-16-29-21-12-6-18(7-13-21)23(26)24-19-10-14-22(15-11-19)30(27,28)25-20-8-4-17(2)5-9-20/h4-15,25H,3,16H2,1-2H3,(H,24,26). The van der Waals surface area contributed by atoms with E-state index >= 15 is 0 Å². The van der Waals surface area contributed by atoms with Crippen LogP contribution < -0.4 is 14.8 Å². The molecule has 0 unspecified atom stereocenters. The van der Waals surface area contributed by atoms with Gasteiger partial charge in [-0.05, 0) is 74.0 Å². The third-order valence-electron chi connectivity index (χ3n) is 4.32. The molecule has 0 bridgehead atoms. The van der Waals surface area contributed by atoms with E-state index in [1.807, 2.05) is 26.0 Å². The molecule has 0 aromatic heterocycles. The molecule has 156 valence electrons. The monoisotopic (exact) mass is 424 g/mol. The number of hydrogen-bond donors (Lipinski definition) is 2. The van der Waals surface area contributed by atoms with Gasteiger partial charge in [-0.2, -0.15) is 0 Å². The normalized spacial score (nSPS) is 11.0. The molecule has 0 saturated carbocycles. The van der Waals surface area contributed by atoms with Crippen molar-refractivity contribution in [2.75, 3.05) is 16.6 Å². The molecular formula is C23H24N2O4S. The average molecular weight is 425 g/mol. The van der Waals surface area contributed by atoms with E-state index in [-0.39, 0.29) is 10.8 Å². The second-order valence-electron chi connectivity index (χ2n) is 6.82. The van der Waals surface area contributed by atoms with Gasteiger partial charge in [0.1, 0.15) is 5.75 Å². The summed E-state index contributed by atoms with van der Waals surface area (Å²) in [5, 5.41) is 2.76. The van der Waals surface area contributed by atoms with E-state index in [1.165, 1.54) is 12.1 Å². The first-order valence-electron chi connectivity index (χ1n) is 9.61. The highest BCUT2D eigenvalue weighted by atomic mass is 32.2. The summed E-state index contributed by atoms with van der Waals surface area (Å²) in [6.07, 6.45) is 0.911. The van der Waals surface area contributed by atoms with Crippen molar-refractivity contribution in [3.63, 3.8) is 0 Å². The molecule has 3 rings (SSSR count). The maximum absolute atomic E-state index is 12.5. The van der Waals surface area contributed by atoms with Crippen molar-refractivity contribution in [1.29, 1.82) is 0 Å². The minimum absolute atomic E-state index is 0.110. The van der Waals surface area contributed by atoms with E-state index in [0.717, 1.165) is 12.0 Å². The number of rotatable bonds is 8. The van der Waals surface area contributed by atoms with E-state index in [4.69, 9.17) is 4.74 Å². The number of sulfonamides is 1. The van der Waals surface area contributed by atoms with Gasteiger partial charge in [-0.15, -0.1) is 0 Å². The van der Waals surface area contributed by atoms with E-state index in [0.29, 0.717) is 29.3 Å². The van der Waals surface area contributed by atoms with Crippen LogP contribution >= 0.6 is 0 Å². The van der Waals surface area contributed by atoms with E-state index < -0.39 is 10.0 Å². The van der Waals surface area contributed by atoms with Crippen molar-refractivity contribution in [3.8, 4) is 5.75 Å². The molecule has 0 aliphatic rings. The van der Waals surface area contributed by atoms with Gasteiger partial charge in [-0.25, -0.2) is 8.42 Å². The first-order valence-corrected chi connectivity index (χ1v) is 11.1. The first kappa shape index (κ1) is 21.4. The van der Waals surface area contributed by atoms with Crippen molar-refractivity contribution in [3.05, 3.63) is 83.9 Å². The Morgan fingerprint density at radius 1 is 0.867 bits per heavy atom. The van der Waals surface area contributed by atoms with Crippen molar-refractivity contribution >= 4 is 27.3 Å². The number of carbonyl (C=O) groups is 1. The molecule has 3 aromatic carbocycles. The highest BCUT2D eigenvalue weighted by Crippen LogP contribution is 2.20. The molecule has 2 N–H and O–H groups in total. The van der Waals surface area contributed by atoms with Gasteiger partial charge in [0.25, 0.3) is 15.9 Å². The van der Waals surface area contributed by atoms with Gasteiger partial charge < -0.3 is 10.1 Å². The summed E-state index contributed by atoms with van der Waals surface area (Å²) in [5.41, 5.74) is 2.52. The van der Waals surface area contributed by atoms with Crippen LogP contribution in [0.2, 0.25) is 0 Å². The Bertz CT molecular complexity index is 1090. The van der Waals surface area contributed by atoms with Crippen LogP contribution in [0.4, 0.5) is 11.4 Å². The fourth-order valence-corrected chi connectivity index (χ4v) is 3.74. The van der Waals surface area contributed by atoms with Gasteiger partial charge in [0.05, 0.1) is 11.5 Å². The smallest absolute Gasteiger partial charge is 0.261 e. The van der Waals surface area contributed by atoms with Crippen LogP contribution in [-0.4, -0.2) is 20.9 Å². The Balaban J connectivity index is 1.64. The fraction of sp³-hybridized carbons (Fsp3) is 0.174. The van der Waals surface area contributed by atoms with Crippen molar-refractivity contribution in [2.45, 2.75) is 25.2 Å². The lowest BCUT2D eigenvalue weighted by molar-refractivity contribution is 0.102. The van der Waals surface area contributed by atoms with Crippen LogP contribution in [0.3, 0.4) is 0 Å². The average Bonchev–Trinajstić information content (AvgIpc) is 2.74. The second-order valence-corrected chi connectivity index (χ2v) is 8.51. The molecule has 6 nitrogen and oxygen atoms in total. The number of amides is 1. The molecule has 3 aromatic rings. The minimum Gasteiger partial charge on any atom is -0.494 e. The van der Waals surface area contributed by atoms with Gasteiger partial charge in [-0.1, -0.05) is 24.6 Å². The van der Waals surface area contributed by atoms with E-state index in [9.17, 15) is 13.2 Å². The Morgan fingerprint density at radius 3 is 2.07 bits per heavy atom. The largest absolute Gasteiger partial charge is 0.494 e. The summed E-state index contributed by atoms with van der Waals surface area (Å²) in [6, 6.07) is 20.0. The van der Waals surface area contributed by atoms with Gasteiger partial charge in [-0.3, -0.25) is 9.52 Å². The van der Waals surface area contributed by atoms with E-state index in [2.05, 4.69) is 10.0 Å². The predicted octanol–water partition coefficient (Wildman–Crippen LogP) is 4.84. The maximum Gasteiger partial charge on any atom is 0.261 e. The summed E-state index contributed by atoms with van der Waals surface area (Å²) in [7, 11) is -3.71. The highest BCUT2D eigenvalue weighted by molar-refractivity contribution is 7.92. The zero-order valence-corrected chi connectivity index (χ0v) is 17.7. The van der Waals surface area contributed by atoms with Gasteiger partial charge in [0.15, 0.2) is 0 Å². The summed E-state index contributed by atoms with van der Waals surface area (Å²) in [4.78, 5) is 12.5. The quantitative estimate of drug-likeness (QED) is 0.542. The van der Waals surface area contributed by atoms with Crippen molar-refractivity contribution in [2.24, 2.45) is 0 Å². The topological polar surface area (TPSA) is 84.5 Å². The molecule has 0 aliphatic heterocycles. The molecule has 0 atom stereocenters. The van der Waals surface area contributed by atoms with Gasteiger partial charge in [0, 0.05) is 16.9 Å². The van der Waals surface area contributed by atoms with Crippen LogP contribution in [0.1, 0.15) is 29.3 Å². The number of anilines is 2. The SMILES string of the molecule is CCCOc1ccc(C(=O)Nc2ccc(S(=O)(=O)Nc3ccc(C)cc3)cc2)cc1. The van der Waals surface area contributed by atoms with Crippen molar-refractivity contribution in [1.82, 2.24) is 0 Å². The molecule has 0 spiro atoms. The van der Waals surface area contributed by atoms with Crippen LogP contribution in [0.15, 0.2) is 77.7 Å². The summed E-state index contributed by atoms with van der Waals surface area (Å²) in [5.74, 6) is 0.425. The predicted molar refractivity (Wildman–Crippen MR) is 119 cm³/mol. The molecule has 30 heavy (non-hydrogen) atoms. The molecule has 0 aliphatic carbocycles. The van der Waals surface area contributed by atoms with Gasteiger partial charge >= 0.3 is 0 Å². The zero-order chi connectivity index (χ0) is 21.6. The first-order chi connectivity index (χ1) is 14.4. The Morgan fingerprint density at radius 2 is 1.47 bits per heavy atom. The Hall–Kier alpha value is -3.32. The molecule has 0 fully saturated rings. The lowest BCUT2D eigenvalue weighted by Gasteiger charge is -2.10. The van der Waals surface area contributed by atoms with Crippen LogP contribution in [0.25, 0.3) is 0 Å². The number of nitrogens with one attached hydrogen (secondary N) is 2. The lowest BCUT2D eigenvalue weighted by Crippen LogP contribution is -2.14. The highest BCUT2D eigenvalue weighted by Gasteiger charge is 2.14. The molecule has 7 heteroatoms. The molecule has 0 radical (unpaired) electrons. The number of benzene rings is 3. The molecular weight excluding hydrogens is 400 g/mol. The van der Waals surface area contributed by atoms with E-state index in [1.54, 1.807) is 48.5 Å². The summed E-state index contributed by atoms with van der Waals surface area (Å²) < 4.78 is 33.1. The second kappa shape index (κ2) is 9.45. The fourth-order valence-electron chi connectivity index (χ4n) is 2.68. The Kier molecular flexibility index (Phi) is 6.74. The zero-order valence-electron chi connectivity index (χ0n) is 16.9. The minimum atomic E-state index is -3.71. The maximum atomic E-state index is 12.5. The summed E-state index contributed by atoms with van der Waals surface area (Å²) >= 11 is 0. The van der Waals surface area contributed by atoms with Gasteiger partial charge in [0.2, 0.25) is 0 Å². The lowest BCUT2D eigenvalue weighted by atomic mass is 10.2. The molecule has 0 heterocycles. The number of aryl methyl sites for hydroxylation is 1. The van der Waals surface area contributed by atoms with Crippen LogP contribution in [-0.2, 0) is 10.0 Å². The number of ether oxygens (including phenoxy) is 1. The summed E-state index contributed by atoms with van der Waals surface area (Å²) in [6.45, 7) is 4.58. The van der Waals surface area contributed by atoms with Crippen LogP contribution in [0, 0.1) is 6.92 Å². The number of hydrogen-bond acceptors (Lipinski definition) is 4. The van der Waals surface area contributed by atoms with Crippen LogP contribution in [0.5, 0.6) is 5.75 Å². The van der Waals surface area contributed by atoms with Crippen molar-refractivity contribution < 1.29 is 17.9 Å². The Labute approximate surface area is 177 Å². The molecule has 0 saturated heterocycles. The third kappa shape index (κ3) is 5.61.